The maximum Gasteiger partial charge on any atom is 0.410 e. The molecule has 1 amide bonds. The highest BCUT2D eigenvalue weighted by Gasteiger charge is 2.36. The Kier molecular flexibility index (Phi) is 4.60. The van der Waals surface area contributed by atoms with Gasteiger partial charge in [-0.3, -0.25) is 0 Å². The van der Waals surface area contributed by atoms with E-state index >= 15 is 0 Å². The van der Waals surface area contributed by atoms with Gasteiger partial charge in [0.25, 0.3) is 0 Å². The monoisotopic (exact) mass is 308 g/mol. The average Bonchev–Trinajstić information content (AvgIpc) is 2.46. The van der Waals surface area contributed by atoms with E-state index < -0.39 is 11.2 Å². The summed E-state index contributed by atoms with van der Waals surface area (Å²) in [4.78, 5) is 17.8. The third-order valence-corrected chi connectivity index (χ3v) is 3.73. The molecule has 6 heteroatoms. The van der Waals surface area contributed by atoms with Crippen molar-refractivity contribution in [3.8, 4) is 5.88 Å². The Labute approximate surface area is 131 Å². The number of hydrogen-bond acceptors (Lipinski definition) is 5. The van der Waals surface area contributed by atoms with Crippen LogP contribution in [-0.4, -0.2) is 46.9 Å². The van der Waals surface area contributed by atoms with E-state index in [0.717, 1.165) is 5.56 Å². The SMILES string of the molecule is COc1ccc(C2(O)CCN(C(=O)OC(C)(C)C)CC2)cn1. The van der Waals surface area contributed by atoms with Crippen LogP contribution < -0.4 is 4.74 Å². The molecule has 1 saturated heterocycles. The van der Waals surface area contributed by atoms with Crippen molar-refractivity contribution < 1.29 is 19.4 Å². The number of aliphatic hydroxyl groups is 1. The van der Waals surface area contributed by atoms with Crippen LogP contribution in [0.3, 0.4) is 0 Å². The lowest BCUT2D eigenvalue weighted by atomic mass is 9.85. The zero-order valence-electron chi connectivity index (χ0n) is 13.6. The zero-order valence-corrected chi connectivity index (χ0v) is 13.6. The van der Waals surface area contributed by atoms with Gasteiger partial charge in [-0.15, -0.1) is 0 Å². The first kappa shape index (κ1) is 16.5. The quantitative estimate of drug-likeness (QED) is 0.907. The highest BCUT2D eigenvalue weighted by Crippen LogP contribution is 2.33. The molecule has 2 heterocycles. The molecule has 1 aliphatic heterocycles. The van der Waals surface area contributed by atoms with E-state index in [9.17, 15) is 9.90 Å². The minimum Gasteiger partial charge on any atom is -0.481 e. The number of likely N-dealkylation sites (tertiary alicyclic amines) is 1. The molecule has 1 aromatic rings. The number of piperidine rings is 1. The fourth-order valence-corrected chi connectivity index (χ4v) is 2.45. The summed E-state index contributed by atoms with van der Waals surface area (Å²) in [5.74, 6) is 0.513. The topological polar surface area (TPSA) is 71.9 Å². The molecular formula is C16H24N2O4. The van der Waals surface area contributed by atoms with Crippen LogP contribution in [0.4, 0.5) is 4.79 Å². The predicted octanol–water partition coefficient (Wildman–Crippen LogP) is 2.31. The lowest BCUT2D eigenvalue weighted by molar-refractivity contribution is -0.0358. The second-order valence-electron chi connectivity index (χ2n) is 6.59. The van der Waals surface area contributed by atoms with E-state index in [1.165, 1.54) is 0 Å². The summed E-state index contributed by atoms with van der Waals surface area (Å²) < 4.78 is 10.4. The van der Waals surface area contributed by atoms with Gasteiger partial charge < -0.3 is 19.5 Å². The molecule has 1 fully saturated rings. The number of nitrogens with zero attached hydrogens (tertiary/aromatic N) is 2. The highest BCUT2D eigenvalue weighted by molar-refractivity contribution is 5.68. The highest BCUT2D eigenvalue weighted by atomic mass is 16.6. The Hall–Kier alpha value is -1.82. The third-order valence-electron chi connectivity index (χ3n) is 3.73. The van der Waals surface area contributed by atoms with Crippen LogP contribution in [0.1, 0.15) is 39.2 Å². The molecule has 0 unspecified atom stereocenters. The molecule has 0 saturated carbocycles. The Morgan fingerprint density at radius 1 is 1.32 bits per heavy atom. The van der Waals surface area contributed by atoms with Crippen LogP contribution in [0.5, 0.6) is 5.88 Å². The molecule has 22 heavy (non-hydrogen) atoms. The van der Waals surface area contributed by atoms with Crippen molar-refractivity contribution in [3.63, 3.8) is 0 Å². The first-order valence-corrected chi connectivity index (χ1v) is 7.44. The third kappa shape index (κ3) is 3.88. The molecule has 0 atom stereocenters. The van der Waals surface area contributed by atoms with Crippen molar-refractivity contribution in [1.82, 2.24) is 9.88 Å². The van der Waals surface area contributed by atoms with Gasteiger partial charge in [0, 0.05) is 30.9 Å². The number of pyridine rings is 1. The largest absolute Gasteiger partial charge is 0.481 e. The second kappa shape index (κ2) is 6.12. The molecule has 0 aromatic carbocycles. The van der Waals surface area contributed by atoms with Gasteiger partial charge in [0.2, 0.25) is 5.88 Å². The Morgan fingerprint density at radius 3 is 2.41 bits per heavy atom. The molecule has 2 rings (SSSR count). The van der Waals surface area contributed by atoms with Crippen LogP contribution in [0.25, 0.3) is 0 Å². The average molecular weight is 308 g/mol. The molecule has 0 radical (unpaired) electrons. The first-order valence-electron chi connectivity index (χ1n) is 7.44. The van der Waals surface area contributed by atoms with E-state index in [-0.39, 0.29) is 6.09 Å². The summed E-state index contributed by atoms with van der Waals surface area (Å²) in [6.07, 6.45) is 2.21. The van der Waals surface area contributed by atoms with Crippen LogP contribution in [0.15, 0.2) is 18.3 Å². The van der Waals surface area contributed by atoms with Gasteiger partial charge in [-0.1, -0.05) is 0 Å². The Morgan fingerprint density at radius 2 is 1.95 bits per heavy atom. The summed E-state index contributed by atoms with van der Waals surface area (Å²) in [7, 11) is 1.55. The Bertz CT molecular complexity index is 514. The molecule has 1 aliphatic rings. The van der Waals surface area contributed by atoms with Gasteiger partial charge in [0.15, 0.2) is 0 Å². The standard InChI is InChI=1S/C16H24N2O4/c1-15(2,3)22-14(19)18-9-7-16(20,8-10-18)12-5-6-13(21-4)17-11-12/h5-6,11,20H,7-10H2,1-4H3. The molecule has 0 spiro atoms. The molecular weight excluding hydrogens is 284 g/mol. The van der Waals surface area contributed by atoms with E-state index in [1.807, 2.05) is 26.8 Å². The van der Waals surface area contributed by atoms with Crippen molar-refractivity contribution in [1.29, 1.82) is 0 Å². The minimum atomic E-state index is -0.961. The fourth-order valence-electron chi connectivity index (χ4n) is 2.45. The lowest BCUT2D eigenvalue weighted by Gasteiger charge is -2.38. The van der Waals surface area contributed by atoms with Gasteiger partial charge >= 0.3 is 6.09 Å². The van der Waals surface area contributed by atoms with Crippen molar-refractivity contribution in [3.05, 3.63) is 23.9 Å². The fraction of sp³-hybridized carbons (Fsp3) is 0.625. The molecule has 0 bridgehead atoms. The summed E-state index contributed by atoms with van der Waals surface area (Å²) in [5, 5.41) is 10.8. The van der Waals surface area contributed by atoms with Crippen LogP contribution >= 0.6 is 0 Å². The number of carbonyl (C=O) groups excluding carboxylic acids is 1. The summed E-state index contributed by atoms with van der Waals surface area (Å²) in [6.45, 7) is 6.44. The zero-order chi connectivity index (χ0) is 16.4. The molecule has 122 valence electrons. The second-order valence-corrected chi connectivity index (χ2v) is 6.59. The van der Waals surface area contributed by atoms with Gasteiger partial charge in [0.05, 0.1) is 12.7 Å². The molecule has 0 aliphatic carbocycles. The number of ether oxygens (including phenoxy) is 2. The first-order chi connectivity index (χ1) is 10.2. The molecule has 1 aromatic heterocycles. The van der Waals surface area contributed by atoms with Crippen molar-refractivity contribution in [2.24, 2.45) is 0 Å². The normalized spacial score (nSPS) is 18.0. The smallest absolute Gasteiger partial charge is 0.410 e. The number of carbonyl (C=O) groups is 1. The lowest BCUT2D eigenvalue weighted by Crippen LogP contribution is -2.46. The van der Waals surface area contributed by atoms with Gasteiger partial charge in [-0.25, -0.2) is 9.78 Å². The summed E-state index contributed by atoms with van der Waals surface area (Å²) in [6, 6.07) is 3.54. The van der Waals surface area contributed by atoms with Crippen LogP contribution in [0, 0.1) is 0 Å². The van der Waals surface area contributed by atoms with Crippen molar-refractivity contribution in [2.75, 3.05) is 20.2 Å². The number of rotatable bonds is 2. The van der Waals surface area contributed by atoms with Gasteiger partial charge in [0.1, 0.15) is 5.60 Å². The van der Waals surface area contributed by atoms with E-state index in [0.29, 0.717) is 31.8 Å². The maximum atomic E-state index is 12.0. The van der Waals surface area contributed by atoms with Crippen LogP contribution in [0.2, 0.25) is 0 Å². The number of hydrogen-bond donors (Lipinski definition) is 1. The van der Waals surface area contributed by atoms with Crippen LogP contribution in [-0.2, 0) is 10.3 Å². The number of aromatic nitrogens is 1. The predicted molar refractivity (Wildman–Crippen MR) is 81.7 cm³/mol. The van der Waals surface area contributed by atoms with Gasteiger partial charge in [-0.05, 0) is 39.7 Å². The minimum absolute atomic E-state index is 0.331. The molecule has 6 nitrogen and oxygen atoms in total. The number of amides is 1. The Balaban J connectivity index is 1.99. The summed E-state index contributed by atoms with van der Waals surface area (Å²) in [5.41, 5.74) is -0.722. The molecule has 1 N–H and O–H groups in total. The van der Waals surface area contributed by atoms with Gasteiger partial charge in [-0.2, -0.15) is 0 Å². The summed E-state index contributed by atoms with van der Waals surface area (Å²) >= 11 is 0. The van der Waals surface area contributed by atoms with E-state index in [2.05, 4.69) is 4.98 Å². The van der Waals surface area contributed by atoms with Crippen molar-refractivity contribution >= 4 is 6.09 Å². The van der Waals surface area contributed by atoms with E-state index in [1.54, 1.807) is 24.3 Å². The number of methoxy groups -OCH3 is 1. The van der Waals surface area contributed by atoms with Crippen molar-refractivity contribution in [2.45, 2.75) is 44.8 Å². The van der Waals surface area contributed by atoms with E-state index in [4.69, 9.17) is 9.47 Å². The maximum absolute atomic E-state index is 12.0.